The average molecular weight is 272 g/mol. The van der Waals surface area contributed by atoms with Gasteiger partial charge in [-0.2, -0.15) is 0 Å². The molecule has 0 bridgehead atoms. The number of hydrogen-bond acceptors (Lipinski definition) is 2. The first-order valence-corrected chi connectivity index (χ1v) is 6.51. The first-order chi connectivity index (χ1) is 8.06. The predicted molar refractivity (Wildman–Crippen MR) is 70.5 cm³/mol. The summed E-state index contributed by atoms with van der Waals surface area (Å²) in [5, 5.41) is 1.43. The lowest BCUT2D eigenvalue weighted by atomic mass is 9.98. The van der Waals surface area contributed by atoms with Crippen LogP contribution in [0.4, 0.5) is 0 Å². The van der Waals surface area contributed by atoms with Gasteiger partial charge in [-0.05, 0) is 23.8 Å². The smallest absolute Gasteiger partial charge is 0.138 e. The van der Waals surface area contributed by atoms with Gasteiger partial charge >= 0.3 is 0 Å². The van der Waals surface area contributed by atoms with E-state index >= 15 is 0 Å². The molecule has 0 aromatic heterocycles. The Labute approximate surface area is 112 Å². The first-order valence-electron chi connectivity index (χ1n) is 5.75. The molecule has 0 aliphatic carbocycles. The summed E-state index contributed by atoms with van der Waals surface area (Å²) in [6, 6.07) is 5.50. The van der Waals surface area contributed by atoms with Crippen LogP contribution in [-0.2, 0) is 11.3 Å². The minimum Gasteiger partial charge on any atom is -0.299 e. The molecular formula is C13H15Cl2NO. The summed E-state index contributed by atoms with van der Waals surface area (Å²) < 4.78 is 0. The fourth-order valence-corrected chi connectivity index (χ4v) is 2.52. The van der Waals surface area contributed by atoms with Gasteiger partial charge in [0.05, 0.1) is 0 Å². The molecule has 4 heteroatoms. The predicted octanol–water partition coefficient (Wildman–Crippen LogP) is 3.40. The van der Waals surface area contributed by atoms with Crippen LogP contribution in [0.1, 0.15) is 18.9 Å². The highest BCUT2D eigenvalue weighted by Crippen LogP contribution is 2.23. The Morgan fingerprint density at radius 3 is 2.88 bits per heavy atom. The van der Waals surface area contributed by atoms with Crippen molar-refractivity contribution in [3.63, 3.8) is 0 Å². The van der Waals surface area contributed by atoms with Crippen molar-refractivity contribution >= 4 is 29.0 Å². The number of likely N-dealkylation sites (tertiary alicyclic amines) is 1. The Morgan fingerprint density at radius 1 is 1.41 bits per heavy atom. The molecule has 1 aromatic rings. The summed E-state index contributed by atoms with van der Waals surface area (Å²) in [7, 11) is 0. The monoisotopic (exact) mass is 271 g/mol. The second-order valence-electron chi connectivity index (χ2n) is 4.59. The molecule has 17 heavy (non-hydrogen) atoms. The standard InChI is InChI=1S/C13H15Cl2NO/c1-9-7-16(5-4-13(9)17)8-10-6-11(14)2-3-12(10)15/h2-3,6,9H,4-5,7-8H2,1H3. The summed E-state index contributed by atoms with van der Waals surface area (Å²) >= 11 is 12.1. The van der Waals surface area contributed by atoms with E-state index in [1.165, 1.54) is 0 Å². The molecule has 1 aliphatic rings. The molecule has 0 amide bonds. The summed E-state index contributed by atoms with van der Waals surface area (Å²) in [5.41, 5.74) is 1.03. The largest absolute Gasteiger partial charge is 0.299 e. The molecule has 1 fully saturated rings. The van der Waals surface area contributed by atoms with E-state index in [-0.39, 0.29) is 5.92 Å². The van der Waals surface area contributed by atoms with E-state index in [0.29, 0.717) is 17.2 Å². The lowest BCUT2D eigenvalue weighted by Gasteiger charge is -2.30. The molecule has 1 aromatic carbocycles. The van der Waals surface area contributed by atoms with Gasteiger partial charge in [0.2, 0.25) is 0 Å². The number of carbonyl (C=O) groups excluding carboxylic acids is 1. The van der Waals surface area contributed by atoms with Crippen LogP contribution < -0.4 is 0 Å². The number of benzene rings is 1. The van der Waals surface area contributed by atoms with E-state index in [2.05, 4.69) is 4.90 Å². The minimum atomic E-state index is 0.127. The Bertz CT molecular complexity index is 433. The first kappa shape index (κ1) is 12.9. The van der Waals surface area contributed by atoms with E-state index in [0.717, 1.165) is 30.2 Å². The van der Waals surface area contributed by atoms with Crippen LogP contribution in [-0.4, -0.2) is 23.8 Å². The molecule has 0 spiro atoms. The molecule has 2 nitrogen and oxygen atoms in total. The Hall–Kier alpha value is -0.570. The number of carbonyl (C=O) groups is 1. The maximum Gasteiger partial charge on any atom is 0.138 e. The molecule has 0 saturated carbocycles. The van der Waals surface area contributed by atoms with Gasteiger partial charge < -0.3 is 0 Å². The second-order valence-corrected chi connectivity index (χ2v) is 5.43. The van der Waals surface area contributed by atoms with Gasteiger partial charge in [0.15, 0.2) is 0 Å². The van der Waals surface area contributed by atoms with Crippen LogP contribution in [0.25, 0.3) is 0 Å². The molecule has 1 unspecified atom stereocenters. The average Bonchev–Trinajstić information content (AvgIpc) is 2.29. The van der Waals surface area contributed by atoms with Gasteiger partial charge in [-0.25, -0.2) is 0 Å². The number of piperidine rings is 1. The second kappa shape index (κ2) is 5.38. The van der Waals surface area contributed by atoms with E-state index in [1.807, 2.05) is 19.1 Å². The topological polar surface area (TPSA) is 20.3 Å². The Kier molecular flexibility index (Phi) is 4.08. The number of rotatable bonds is 2. The fraction of sp³-hybridized carbons (Fsp3) is 0.462. The van der Waals surface area contributed by atoms with E-state index in [1.54, 1.807) is 6.07 Å². The third-order valence-electron chi connectivity index (χ3n) is 3.16. The van der Waals surface area contributed by atoms with Gasteiger partial charge in [-0.15, -0.1) is 0 Å². The van der Waals surface area contributed by atoms with Crippen molar-refractivity contribution < 1.29 is 4.79 Å². The molecule has 92 valence electrons. The number of ketones is 1. The highest BCUT2D eigenvalue weighted by molar-refractivity contribution is 6.33. The highest BCUT2D eigenvalue weighted by atomic mass is 35.5. The Balaban J connectivity index is 2.06. The molecular weight excluding hydrogens is 257 g/mol. The zero-order chi connectivity index (χ0) is 12.4. The zero-order valence-electron chi connectivity index (χ0n) is 9.75. The van der Waals surface area contributed by atoms with Crippen LogP contribution in [0, 0.1) is 5.92 Å². The molecule has 2 rings (SSSR count). The van der Waals surface area contributed by atoms with E-state index in [4.69, 9.17) is 23.2 Å². The zero-order valence-corrected chi connectivity index (χ0v) is 11.3. The molecule has 1 heterocycles. The maximum absolute atomic E-state index is 11.4. The van der Waals surface area contributed by atoms with Gasteiger partial charge in [0.25, 0.3) is 0 Å². The van der Waals surface area contributed by atoms with Crippen LogP contribution in [0.15, 0.2) is 18.2 Å². The number of hydrogen-bond donors (Lipinski definition) is 0. The summed E-state index contributed by atoms with van der Waals surface area (Å²) in [6.45, 7) is 4.36. The number of halogens is 2. The van der Waals surface area contributed by atoms with Gasteiger partial charge in [0, 0.05) is 42.0 Å². The summed E-state index contributed by atoms with van der Waals surface area (Å²) in [5.74, 6) is 0.486. The van der Waals surface area contributed by atoms with Crippen molar-refractivity contribution in [1.82, 2.24) is 4.90 Å². The van der Waals surface area contributed by atoms with Crippen molar-refractivity contribution in [1.29, 1.82) is 0 Å². The van der Waals surface area contributed by atoms with E-state index in [9.17, 15) is 4.79 Å². The lowest BCUT2D eigenvalue weighted by molar-refractivity contribution is -0.125. The normalized spacial score (nSPS) is 21.8. The lowest BCUT2D eigenvalue weighted by Crippen LogP contribution is -2.39. The highest BCUT2D eigenvalue weighted by Gasteiger charge is 2.23. The molecule has 0 N–H and O–H groups in total. The van der Waals surface area contributed by atoms with Crippen molar-refractivity contribution in [3.8, 4) is 0 Å². The van der Waals surface area contributed by atoms with Crippen LogP contribution in [0.5, 0.6) is 0 Å². The molecule has 1 atom stereocenters. The third kappa shape index (κ3) is 3.21. The molecule has 1 saturated heterocycles. The van der Waals surface area contributed by atoms with Crippen LogP contribution in [0.2, 0.25) is 10.0 Å². The van der Waals surface area contributed by atoms with Gasteiger partial charge in [-0.3, -0.25) is 9.69 Å². The fourth-order valence-electron chi connectivity index (χ4n) is 2.14. The summed E-state index contributed by atoms with van der Waals surface area (Å²) in [6.07, 6.45) is 0.638. The van der Waals surface area contributed by atoms with Crippen molar-refractivity contribution in [2.24, 2.45) is 5.92 Å². The molecule has 0 radical (unpaired) electrons. The maximum atomic E-state index is 11.4. The van der Waals surface area contributed by atoms with E-state index < -0.39 is 0 Å². The number of nitrogens with zero attached hydrogens (tertiary/aromatic N) is 1. The van der Waals surface area contributed by atoms with Gasteiger partial charge in [0.1, 0.15) is 5.78 Å². The van der Waals surface area contributed by atoms with Crippen molar-refractivity contribution in [2.75, 3.05) is 13.1 Å². The molecule has 1 aliphatic heterocycles. The van der Waals surface area contributed by atoms with Gasteiger partial charge in [-0.1, -0.05) is 30.1 Å². The minimum absolute atomic E-state index is 0.127. The van der Waals surface area contributed by atoms with Crippen molar-refractivity contribution in [3.05, 3.63) is 33.8 Å². The number of Topliss-reactive ketones (excluding diaryl/α,β-unsaturated/α-hetero) is 1. The summed E-state index contributed by atoms with van der Waals surface area (Å²) in [4.78, 5) is 13.7. The van der Waals surface area contributed by atoms with Crippen LogP contribution >= 0.6 is 23.2 Å². The SMILES string of the molecule is CC1CN(Cc2cc(Cl)ccc2Cl)CCC1=O. The van der Waals surface area contributed by atoms with Crippen molar-refractivity contribution in [2.45, 2.75) is 19.9 Å². The quantitative estimate of drug-likeness (QED) is 0.822. The van der Waals surface area contributed by atoms with Crippen LogP contribution in [0.3, 0.4) is 0 Å². The third-order valence-corrected chi connectivity index (χ3v) is 3.76. The Morgan fingerprint density at radius 2 is 2.18 bits per heavy atom.